The van der Waals surface area contributed by atoms with E-state index >= 15 is 0 Å². The van der Waals surface area contributed by atoms with Crippen molar-refractivity contribution in [3.05, 3.63) is 35.9 Å². The Morgan fingerprint density at radius 1 is 1.10 bits per heavy atom. The van der Waals surface area contributed by atoms with Crippen molar-refractivity contribution in [3.8, 4) is 0 Å². The zero-order valence-electron chi connectivity index (χ0n) is 13.2. The van der Waals surface area contributed by atoms with Crippen LogP contribution in [0.1, 0.15) is 40.2 Å². The first-order chi connectivity index (χ1) is 9.25. The van der Waals surface area contributed by atoms with Gasteiger partial charge in [-0.25, -0.2) is 0 Å². The topological polar surface area (TPSA) is 38.7 Å². The quantitative estimate of drug-likeness (QED) is 0.621. The maximum atomic E-state index is 12.8. The van der Waals surface area contributed by atoms with Crippen LogP contribution < -0.4 is 0 Å². The Balaban J connectivity index is 2.48. The zero-order valence-corrected chi connectivity index (χ0v) is 13.2. The second-order valence-corrected chi connectivity index (χ2v) is 6.43. The van der Waals surface area contributed by atoms with Gasteiger partial charge in [0, 0.05) is 10.8 Å². The third-order valence-electron chi connectivity index (χ3n) is 5.80. The molecule has 0 spiro atoms. The highest BCUT2D eigenvalue weighted by atomic mass is 16.6. The molecule has 1 aromatic rings. The van der Waals surface area contributed by atoms with E-state index in [1.54, 1.807) is 6.92 Å². The number of carbonyl (C=O) groups is 1. The highest BCUT2D eigenvalue weighted by Crippen LogP contribution is 2.78. The fourth-order valence-electron chi connectivity index (χ4n) is 3.82. The van der Waals surface area contributed by atoms with Crippen LogP contribution in [0.5, 0.6) is 0 Å². The van der Waals surface area contributed by atoms with Crippen molar-refractivity contribution < 1.29 is 9.63 Å². The molecule has 20 heavy (non-hydrogen) atoms. The third kappa shape index (κ3) is 1.52. The van der Waals surface area contributed by atoms with Crippen LogP contribution in [0.15, 0.2) is 35.5 Å². The minimum Gasteiger partial charge on any atom is -0.399 e. The van der Waals surface area contributed by atoms with Gasteiger partial charge in [0.25, 0.3) is 0 Å². The Morgan fingerprint density at radius 3 is 2.15 bits per heavy atom. The molecule has 0 saturated heterocycles. The van der Waals surface area contributed by atoms with Gasteiger partial charge in [0.1, 0.15) is 12.8 Å². The number of hydrogen-bond donors (Lipinski definition) is 0. The van der Waals surface area contributed by atoms with Crippen molar-refractivity contribution in [2.24, 2.45) is 16.0 Å². The number of benzene rings is 1. The summed E-state index contributed by atoms with van der Waals surface area (Å²) in [6.07, 6.45) is 0. The fourth-order valence-corrected chi connectivity index (χ4v) is 3.82. The molecule has 1 aliphatic rings. The van der Waals surface area contributed by atoms with Gasteiger partial charge in [-0.2, -0.15) is 0 Å². The summed E-state index contributed by atoms with van der Waals surface area (Å²) in [6.45, 7) is 10.2. The average Bonchev–Trinajstić information content (AvgIpc) is 2.80. The van der Waals surface area contributed by atoms with Crippen molar-refractivity contribution in [2.75, 3.05) is 7.11 Å². The van der Waals surface area contributed by atoms with E-state index in [9.17, 15) is 4.79 Å². The van der Waals surface area contributed by atoms with E-state index in [0.717, 1.165) is 0 Å². The Labute approximate surface area is 121 Å². The fraction of sp³-hybridized carbons (Fsp3) is 0.529. The van der Waals surface area contributed by atoms with Gasteiger partial charge in [0.05, 0.1) is 0 Å². The average molecular weight is 273 g/mol. The number of ketones is 1. The Morgan fingerprint density at radius 2 is 1.65 bits per heavy atom. The zero-order chi connectivity index (χ0) is 15.2. The number of nitrogens with zero attached hydrogens (tertiary/aromatic N) is 1. The monoisotopic (exact) mass is 273 g/mol. The highest BCUT2D eigenvalue weighted by Gasteiger charge is 2.80. The predicted molar refractivity (Wildman–Crippen MR) is 80.8 cm³/mol. The Kier molecular flexibility index (Phi) is 3.28. The maximum Gasteiger partial charge on any atom is 0.187 e. The minimum absolute atomic E-state index is 0.0655. The number of carbonyl (C=O) groups excluding carboxylic acids is 1. The number of Topliss-reactive ketones (excluding diaryl/α,β-unsaturated/α-hetero) is 1. The lowest BCUT2D eigenvalue weighted by atomic mass is 9.85. The molecule has 0 N–H and O–H groups in total. The molecule has 0 bridgehead atoms. The van der Waals surface area contributed by atoms with Crippen LogP contribution in [0, 0.1) is 10.8 Å². The van der Waals surface area contributed by atoms with Crippen LogP contribution >= 0.6 is 0 Å². The molecule has 3 heteroatoms. The molecule has 108 valence electrons. The highest BCUT2D eigenvalue weighted by molar-refractivity contribution is 6.42. The molecule has 0 heterocycles. The van der Waals surface area contributed by atoms with Gasteiger partial charge in [-0.15, -0.1) is 0 Å². The summed E-state index contributed by atoms with van der Waals surface area (Å²) in [6, 6.07) is 10.2. The predicted octanol–water partition coefficient (Wildman–Crippen LogP) is 3.58. The molecule has 1 saturated carbocycles. The molecule has 2 unspecified atom stereocenters. The molecule has 0 aliphatic heterocycles. The lowest BCUT2D eigenvalue weighted by molar-refractivity contribution is -0.118. The van der Waals surface area contributed by atoms with E-state index in [1.807, 2.05) is 25.1 Å². The van der Waals surface area contributed by atoms with E-state index < -0.39 is 5.41 Å². The normalized spacial score (nSPS) is 31.8. The van der Waals surface area contributed by atoms with E-state index in [0.29, 0.717) is 5.71 Å². The smallest absolute Gasteiger partial charge is 0.187 e. The largest absolute Gasteiger partial charge is 0.399 e. The molecular weight excluding hydrogens is 250 g/mol. The number of rotatable bonds is 4. The van der Waals surface area contributed by atoms with E-state index in [-0.39, 0.29) is 16.6 Å². The van der Waals surface area contributed by atoms with Gasteiger partial charge in [-0.3, -0.25) is 4.79 Å². The van der Waals surface area contributed by atoms with Gasteiger partial charge in [0.2, 0.25) is 0 Å². The molecular formula is C17H23NO2. The Hall–Kier alpha value is -1.64. The van der Waals surface area contributed by atoms with Crippen LogP contribution in [0.25, 0.3) is 0 Å². The molecule has 2 rings (SSSR count). The van der Waals surface area contributed by atoms with Crippen LogP contribution in [0.2, 0.25) is 0 Å². The Bertz CT molecular complexity index is 562. The summed E-state index contributed by atoms with van der Waals surface area (Å²) in [5.74, 6) is 0.0655. The van der Waals surface area contributed by atoms with Gasteiger partial charge >= 0.3 is 0 Å². The molecule has 1 aliphatic carbocycles. The second-order valence-electron chi connectivity index (χ2n) is 6.43. The minimum atomic E-state index is -0.465. The van der Waals surface area contributed by atoms with Crippen LogP contribution in [-0.4, -0.2) is 18.6 Å². The van der Waals surface area contributed by atoms with Crippen molar-refractivity contribution in [1.82, 2.24) is 0 Å². The second kappa shape index (κ2) is 4.44. The first-order valence-corrected chi connectivity index (χ1v) is 6.93. The molecule has 1 aromatic carbocycles. The summed E-state index contributed by atoms with van der Waals surface area (Å²) in [7, 11) is 1.47. The van der Waals surface area contributed by atoms with E-state index in [4.69, 9.17) is 4.84 Å². The van der Waals surface area contributed by atoms with E-state index in [2.05, 4.69) is 38.1 Å². The number of oxime groups is 1. The number of hydrogen-bond acceptors (Lipinski definition) is 3. The van der Waals surface area contributed by atoms with Crippen LogP contribution in [0.3, 0.4) is 0 Å². The van der Waals surface area contributed by atoms with Gasteiger partial charge in [-0.05, 0) is 17.9 Å². The van der Waals surface area contributed by atoms with Crippen molar-refractivity contribution in [1.29, 1.82) is 0 Å². The molecule has 3 nitrogen and oxygen atoms in total. The third-order valence-corrected chi connectivity index (χ3v) is 5.80. The van der Waals surface area contributed by atoms with Crippen molar-refractivity contribution in [2.45, 2.75) is 40.0 Å². The summed E-state index contributed by atoms with van der Waals surface area (Å²) >= 11 is 0. The summed E-state index contributed by atoms with van der Waals surface area (Å²) in [5.41, 5.74) is 0.855. The lowest BCUT2D eigenvalue weighted by Gasteiger charge is -2.17. The molecule has 0 radical (unpaired) electrons. The summed E-state index contributed by atoms with van der Waals surface area (Å²) < 4.78 is 0. The lowest BCUT2D eigenvalue weighted by Crippen LogP contribution is -2.28. The van der Waals surface area contributed by atoms with Gasteiger partial charge < -0.3 is 4.84 Å². The molecule has 0 aromatic heterocycles. The molecule has 2 atom stereocenters. The summed E-state index contributed by atoms with van der Waals surface area (Å²) in [5, 5.41) is 3.82. The van der Waals surface area contributed by atoms with Crippen LogP contribution in [-0.2, 0) is 15.0 Å². The van der Waals surface area contributed by atoms with Crippen molar-refractivity contribution in [3.63, 3.8) is 0 Å². The van der Waals surface area contributed by atoms with E-state index in [1.165, 1.54) is 12.7 Å². The molecule has 1 fully saturated rings. The molecule has 0 amide bonds. The SMILES string of the molecule is CO/N=C(\C)C(=O)C1(C)C(C)(C)C1(C)c1ccccc1. The summed E-state index contributed by atoms with van der Waals surface area (Å²) in [4.78, 5) is 17.6. The first-order valence-electron chi connectivity index (χ1n) is 6.93. The first kappa shape index (κ1) is 14.8. The van der Waals surface area contributed by atoms with Gasteiger partial charge in [0.15, 0.2) is 5.78 Å². The van der Waals surface area contributed by atoms with Gasteiger partial charge in [-0.1, -0.05) is 63.2 Å². The van der Waals surface area contributed by atoms with Crippen molar-refractivity contribution >= 4 is 11.5 Å². The standard InChI is InChI=1S/C17H23NO2/c1-12(18-20-6)14(19)17(5)15(2,3)16(17,4)13-10-8-7-9-11-13/h7-11H,1-6H3/b18-12+. The maximum absolute atomic E-state index is 12.8. The van der Waals surface area contributed by atoms with Crippen LogP contribution in [0.4, 0.5) is 0 Å².